The first-order valence-corrected chi connectivity index (χ1v) is 7.82. The van der Waals surface area contributed by atoms with E-state index >= 15 is 0 Å². The van der Waals surface area contributed by atoms with Gasteiger partial charge in [0.25, 0.3) is 0 Å². The Balaban J connectivity index is 0.000000574. The molecule has 3 rings (SSSR count). The summed E-state index contributed by atoms with van der Waals surface area (Å²) in [5.74, 6) is 0.810. The summed E-state index contributed by atoms with van der Waals surface area (Å²) >= 11 is 0. The lowest BCUT2D eigenvalue weighted by Crippen LogP contribution is -2.57. The van der Waals surface area contributed by atoms with Gasteiger partial charge in [0.2, 0.25) is 0 Å². The van der Waals surface area contributed by atoms with Crippen LogP contribution in [-0.4, -0.2) is 23.5 Å². The molecular formula is C17H29N. The number of nitrogens with zero attached hydrogens (tertiary/aromatic N) is 1. The molecule has 102 valence electrons. The van der Waals surface area contributed by atoms with Crippen LogP contribution >= 0.6 is 0 Å². The first-order valence-electron chi connectivity index (χ1n) is 7.82. The van der Waals surface area contributed by atoms with E-state index in [4.69, 9.17) is 0 Å². The van der Waals surface area contributed by atoms with Gasteiger partial charge in [-0.3, -0.25) is 4.90 Å². The van der Waals surface area contributed by atoms with Crippen molar-refractivity contribution in [1.29, 1.82) is 0 Å². The maximum Gasteiger partial charge on any atom is 0.0253 e. The van der Waals surface area contributed by atoms with Crippen molar-refractivity contribution in [2.75, 3.05) is 13.1 Å². The summed E-state index contributed by atoms with van der Waals surface area (Å²) in [6.45, 7) is 11.3. The second-order valence-electron chi connectivity index (χ2n) is 6.05. The van der Waals surface area contributed by atoms with Crippen LogP contribution in [0.1, 0.15) is 59.8 Å². The van der Waals surface area contributed by atoms with Gasteiger partial charge in [-0.15, -0.1) is 0 Å². The quantitative estimate of drug-likeness (QED) is 0.607. The van der Waals surface area contributed by atoms with Crippen LogP contribution in [0.15, 0.2) is 23.3 Å². The van der Waals surface area contributed by atoms with E-state index in [1.54, 1.807) is 11.1 Å². The first kappa shape index (κ1) is 13.9. The number of rotatable bonds is 0. The molecule has 2 aliphatic heterocycles. The smallest absolute Gasteiger partial charge is 0.0253 e. The highest BCUT2D eigenvalue weighted by atomic mass is 15.2. The monoisotopic (exact) mass is 247 g/mol. The number of fused-ring (bicyclic) bond motifs is 3. The minimum atomic E-state index is 0.472. The largest absolute Gasteiger partial charge is 0.294 e. The van der Waals surface area contributed by atoms with Crippen molar-refractivity contribution >= 4 is 0 Å². The van der Waals surface area contributed by atoms with Gasteiger partial charge in [-0.2, -0.15) is 0 Å². The van der Waals surface area contributed by atoms with Crippen molar-refractivity contribution in [2.45, 2.75) is 65.3 Å². The van der Waals surface area contributed by atoms with Crippen molar-refractivity contribution in [2.24, 2.45) is 5.92 Å². The van der Waals surface area contributed by atoms with Crippen LogP contribution in [0.3, 0.4) is 0 Å². The van der Waals surface area contributed by atoms with Gasteiger partial charge >= 0.3 is 0 Å². The zero-order valence-electron chi connectivity index (χ0n) is 12.6. The van der Waals surface area contributed by atoms with Crippen LogP contribution in [-0.2, 0) is 0 Å². The fourth-order valence-electron chi connectivity index (χ4n) is 3.98. The van der Waals surface area contributed by atoms with E-state index < -0.39 is 0 Å². The zero-order chi connectivity index (χ0) is 13.2. The molecule has 1 saturated heterocycles. The molecule has 1 nitrogen and oxygen atoms in total. The van der Waals surface area contributed by atoms with Crippen molar-refractivity contribution in [3.8, 4) is 0 Å². The van der Waals surface area contributed by atoms with Gasteiger partial charge in [0.1, 0.15) is 0 Å². The van der Waals surface area contributed by atoms with Gasteiger partial charge in [0.15, 0.2) is 0 Å². The Morgan fingerprint density at radius 2 is 2.06 bits per heavy atom. The molecule has 1 fully saturated rings. The van der Waals surface area contributed by atoms with Gasteiger partial charge in [-0.05, 0) is 51.6 Å². The molecule has 0 N–H and O–H groups in total. The summed E-state index contributed by atoms with van der Waals surface area (Å²) in [5, 5.41) is 0. The average Bonchev–Trinajstić information content (AvgIpc) is 2.40. The summed E-state index contributed by atoms with van der Waals surface area (Å²) in [6, 6.07) is 0. The maximum absolute atomic E-state index is 2.74. The number of allylic oxidation sites excluding steroid dienone is 2. The van der Waals surface area contributed by atoms with E-state index in [9.17, 15) is 0 Å². The molecule has 2 atom stereocenters. The van der Waals surface area contributed by atoms with E-state index in [1.165, 1.54) is 45.2 Å². The van der Waals surface area contributed by atoms with Gasteiger partial charge in [0.05, 0.1) is 0 Å². The topological polar surface area (TPSA) is 3.24 Å². The van der Waals surface area contributed by atoms with Crippen molar-refractivity contribution in [3.05, 3.63) is 23.3 Å². The van der Waals surface area contributed by atoms with Crippen LogP contribution in [0, 0.1) is 5.92 Å². The molecule has 0 aromatic carbocycles. The average molecular weight is 247 g/mol. The minimum Gasteiger partial charge on any atom is -0.294 e. The lowest BCUT2D eigenvalue weighted by Gasteiger charge is -2.53. The molecule has 0 radical (unpaired) electrons. The number of hydrogen-bond acceptors (Lipinski definition) is 1. The lowest BCUT2D eigenvalue weighted by molar-refractivity contribution is 0.0209. The fraction of sp³-hybridized carbons (Fsp3) is 0.765. The van der Waals surface area contributed by atoms with Crippen LogP contribution < -0.4 is 0 Å². The van der Waals surface area contributed by atoms with E-state index in [0.29, 0.717) is 5.54 Å². The highest BCUT2D eigenvalue weighted by Gasteiger charge is 2.44. The summed E-state index contributed by atoms with van der Waals surface area (Å²) in [5.41, 5.74) is 3.69. The van der Waals surface area contributed by atoms with Gasteiger partial charge in [-0.25, -0.2) is 0 Å². The van der Waals surface area contributed by atoms with E-state index in [1.807, 2.05) is 13.8 Å². The zero-order valence-corrected chi connectivity index (χ0v) is 12.6. The predicted molar refractivity (Wildman–Crippen MR) is 79.7 cm³/mol. The van der Waals surface area contributed by atoms with E-state index in [0.717, 1.165) is 5.92 Å². The molecule has 3 aliphatic rings. The van der Waals surface area contributed by atoms with Crippen LogP contribution in [0.5, 0.6) is 0 Å². The van der Waals surface area contributed by atoms with Gasteiger partial charge < -0.3 is 0 Å². The van der Waals surface area contributed by atoms with Crippen molar-refractivity contribution in [3.63, 3.8) is 0 Å². The van der Waals surface area contributed by atoms with Gasteiger partial charge in [-0.1, -0.05) is 38.0 Å². The highest BCUT2D eigenvalue weighted by molar-refractivity contribution is 5.34. The molecular weight excluding hydrogens is 218 g/mol. The molecule has 0 bridgehead atoms. The van der Waals surface area contributed by atoms with Crippen molar-refractivity contribution < 1.29 is 0 Å². The van der Waals surface area contributed by atoms with E-state index in [-0.39, 0.29) is 0 Å². The van der Waals surface area contributed by atoms with Crippen LogP contribution in [0.2, 0.25) is 0 Å². The van der Waals surface area contributed by atoms with E-state index in [2.05, 4.69) is 30.9 Å². The Bertz CT molecular complexity index is 353. The number of piperidine rings is 1. The molecule has 1 aliphatic carbocycles. The molecule has 2 heterocycles. The number of hydrogen-bond donors (Lipinski definition) is 0. The summed E-state index contributed by atoms with van der Waals surface area (Å²) in [7, 11) is 0. The highest BCUT2D eigenvalue weighted by Crippen LogP contribution is 2.45. The molecule has 0 aromatic rings. The summed E-state index contributed by atoms with van der Waals surface area (Å²) in [4.78, 5) is 2.74. The molecule has 0 saturated carbocycles. The third-order valence-electron chi connectivity index (χ3n) is 5.02. The first-order chi connectivity index (χ1) is 8.70. The Kier molecular flexibility index (Phi) is 4.32. The normalized spacial score (nSPS) is 35.4. The predicted octanol–water partition coefficient (Wildman–Crippen LogP) is 4.55. The molecule has 1 heteroatoms. The van der Waals surface area contributed by atoms with Gasteiger partial charge in [0, 0.05) is 18.0 Å². The van der Waals surface area contributed by atoms with Crippen molar-refractivity contribution in [1.82, 2.24) is 4.90 Å². The Hall–Kier alpha value is -0.560. The lowest BCUT2D eigenvalue weighted by atomic mass is 9.67. The molecule has 0 spiro atoms. The second-order valence-corrected chi connectivity index (χ2v) is 6.05. The maximum atomic E-state index is 2.74. The fourth-order valence-corrected chi connectivity index (χ4v) is 3.98. The Morgan fingerprint density at radius 3 is 2.83 bits per heavy atom. The minimum absolute atomic E-state index is 0.472. The molecule has 1 unspecified atom stereocenters. The molecule has 18 heavy (non-hydrogen) atoms. The Labute approximate surface area is 113 Å². The third kappa shape index (κ3) is 2.30. The standard InChI is InChI=1S/C15H23N.C2H6/c1-12-5-6-14-13(11-12)7-10-16-9-4-3-8-15(14,16)2;1-2/h7,11,14H,3-6,8-10H2,1-2H3;1-2H3/t14?,15-;/m1./s1. The second kappa shape index (κ2) is 5.61. The Morgan fingerprint density at radius 1 is 1.28 bits per heavy atom. The molecule has 0 aromatic heterocycles. The summed E-state index contributed by atoms with van der Waals surface area (Å²) < 4.78 is 0. The summed E-state index contributed by atoms with van der Waals surface area (Å²) in [6.07, 6.45) is 11.9. The van der Waals surface area contributed by atoms with Crippen LogP contribution in [0.4, 0.5) is 0 Å². The SMILES string of the molecule is CC.CC1=CC2=CCN3CCCC[C@]3(C)C2CC1. The van der Waals surface area contributed by atoms with Crippen LogP contribution in [0.25, 0.3) is 0 Å². The third-order valence-corrected chi connectivity index (χ3v) is 5.02. The molecule has 0 amide bonds.